The van der Waals surface area contributed by atoms with Crippen molar-refractivity contribution in [1.29, 1.82) is 0 Å². The highest BCUT2D eigenvalue weighted by atomic mass is 16.2. The molecule has 0 radical (unpaired) electrons. The van der Waals surface area contributed by atoms with Crippen molar-refractivity contribution in [2.45, 2.75) is 39.0 Å². The summed E-state index contributed by atoms with van der Waals surface area (Å²) in [6.45, 7) is 5.81. The number of carbonyl (C=O) groups excluding carboxylic acids is 1. The summed E-state index contributed by atoms with van der Waals surface area (Å²) in [5.41, 5.74) is 4.70. The monoisotopic (exact) mass is 297 g/mol. The minimum absolute atomic E-state index is 0.233. The maximum Gasteiger partial charge on any atom is 0.227 e. The van der Waals surface area contributed by atoms with E-state index in [4.69, 9.17) is 0 Å². The molecule has 0 bridgehead atoms. The molecule has 4 nitrogen and oxygen atoms in total. The van der Waals surface area contributed by atoms with E-state index in [1.807, 2.05) is 29.3 Å². The molecule has 1 aliphatic heterocycles. The van der Waals surface area contributed by atoms with Crippen LogP contribution in [0.15, 0.2) is 30.5 Å². The lowest BCUT2D eigenvalue weighted by atomic mass is 9.92. The van der Waals surface area contributed by atoms with Gasteiger partial charge in [0.1, 0.15) is 0 Å². The highest BCUT2D eigenvalue weighted by molar-refractivity contribution is 5.79. The molecule has 0 unspecified atom stereocenters. The average Bonchev–Trinajstić information content (AvgIpc) is 2.96. The highest BCUT2D eigenvalue weighted by Crippen LogP contribution is 2.27. The van der Waals surface area contributed by atoms with E-state index in [0.29, 0.717) is 12.3 Å². The minimum Gasteiger partial charge on any atom is -0.342 e. The lowest BCUT2D eigenvalue weighted by Gasteiger charge is -2.32. The van der Waals surface area contributed by atoms with E-state index < -0.39 is 0 Å². The predicted molar refractivity (Wildman–Crippen MR) is 86.8 cm³/mol. The Morgan fingerprint density at radius 3 is 2.86 bits per heavy atom. The van der Waals surface area contributed by atoms with Crippen molar-refractivity contribution in [3.63, 3.8) is 0 Å². The van der Waals surface area contributed by atoms with Crippen molar-refractivity contribution in [3.8, 4) is 0 Å². The normalized spacial score (nSPS) is 18.5. The second-order valence-electron chi connectivity index (χ2n) is 6.25. The number of likely N-dealkylation sites (tertiary alicyclic amines) is 1. The number of hydrogen-bond acceptors (Lipinski definition) is 2. The number of rotatable bonds is 3. The number of aryl methyl sites for hydroxylation is 2. The first-order valence-corrected chi connectivity index (χ1v) is 7.97. The summed E-state index contributed by atoms with van der Waals surface area (Å²) >= 11 is 0. The third-order valence-electron chi connectivity index (χ3n) is 4.65. The largest absolute Gasteiger partial charge is 0.342 e. The fourth-order valence-corrected chi connectivity index (χ4v) is 3.29. The van der Waals surface area contributed by atoms with Crippen LogP contribution in [0.4, 0.5) is 0 Å². The van der Waals surface area contributed by atoms with Gasteiger partial charge in [0.15, 0.2) is 0 Å². The van der Waals surface area contributed by atoms with E-state index in [1.165, 1.54) is 16.8 Å². The number of H-pyrrole nitrogens is 1. The van der Waals surface area contributed by atoms with Gasteiger partial charge in [-0.2, -0.15) is 5.10 Å². The molecule has 2 aromatic rings. The summed E-state index contributed by atoms with van der Waals surface area (Å²) in [6, 6.07) is 8.13. The van der Waals surface area contributed by atoms with E-state index in [9.17, 15) is 4.79 Å². The molecule has 22 heavy (non-hydrogen) atoms. The smallest absolute Gasteiger partial charge is 0.227 e. The first kappa shape index (κ1) is 14.8. The number of amides is 1. The van der Waals surface area contributed by atoms with Gasteiger partial charge in [0.05, 0.1) is 12.6 Å². The van der Waals surface area contributed by atoms with Gasteiger partial charge in [-0.15, -0.1) is 0 Å². The second kappa shape index (κ2) is 6.34. The van der Waals surface area contributed by atoms with Gasteiger partial charge in [-0.05, 0) is 43.4 Å². The molecule has 1 fully saturated rings. The van der Waals surface area contributed by atoms with E-state index >= 15 is 0 Å². The van der Waals surface area contributed by atoms with E-state index in [1.54, 1.807) is 0 Å². The first-order chi connectivity index (χ1) is 10.6. The summed E-state index contributed by atoms with van der Waals surface area (Å²) in [4.78, 5) is 14.6. The maximum absolute atomic E-state index is 12.6. The third kappa shape index (κ3) is 3.06. The van der Waals surface area contributed by atoms with Crippen LogP contribution in [0, 0.1) is 13.8 Å². The fraction of sp³-hybridized carbons (Fsp3) is 0.444. The van der Waals surface area contributed by atoms with Gasteiger partial charge in [-0.1, -0.05) is 24.3 Å². The number of benzene rings is 1. The molecule has 0 aliphatic carbocycles. The lowest BCUT2D eigenvalue weighted by Crippen LogP contribution is -2.40. The Morgan fingerprint density at radius 1 is 1.32 bits per heavy atom. The Morgan fingerprint density at radius 2 is 2.14 bits per heavy atom. The van der Waals surface area contributed by atoms with Gasteiger partial charge < -0.3 is 4.90 Å². The van der Waals surface area contributed by atoms with Crippen LogP contribution in [0.1, 0.15) is 41.1 Å². The molecule has 2 heterocycles. The molecular formula is C18H23N3O. The van der Waals surface area contributed by atoms with Crippen molar-refractivity contribution >= 4 is 5.91 Å². The Bertz CT molecular complexity index is 662. The van der Waals surface area contributed by atoms with E-state index in [0.717, 1.165) is 31.5 Å². The number of nitrogens with zero attached hydrogens (tertiary/aromatic N) is 2. The molecule has 1 N–H and O–H groups in total. The number of hydrogen-bond donors (Lipinski definition) is 1. The van der Waals surface area contributed by atoms with Gasteiger partial charge in [0.25, 0.3) is 0 Å². The van der Waals surface area contributed by atoms with Gasteiger partial charge in [0.2, 0.25) is 5.91 Å². The van der Waals surface area contributed by atoms with E-state index in [2.05, 4.69) is 30.1 Å². The molecule has 1 atom stereocenters. The molecule has 116 valence electrons. The molecule has 4 heteroatoms. The van der Waals surface area contributed by atoms with Crippen molar-refractivity contribution in [2.75, 3.05) is 13.1 Å². The fourth-order valence-electron chi connectivity index (χ4n) is 3.29. The Labute approximate surface area is 131 Å². The summed E-state index contributed by atoms with van der Waals surface area (Å²) in [5.74, 6) is 0.619. The Hall–Kier alpha value is -2.10. The molecule has 1 amide bonds. The van der Waals surface area contributed by atoms with Crippen molar-refractivity contribution in [3.05, 3.63) is 52.8 Å². The van der Waals surface area contributed by atoms with Crippen LogP contribution in [0.2, 0.25) is 0 Å². The van der Waals surface area contributed by atoms with Crippen LogP contribution < -0.4 is 0 Å². The molecule has 1 aliphatic rings. The van der Waals surface area contributed by atoms with Gasteiger partial charge >= 0.3 is 0 Å². The van der Waals surface area contributed by atoms with Crippen LogP contribution >= 0.6 is 0 Å². The van der Waals surface area contributed by atoms with Crippen LogP contribution in [0.25, 0.3) is 0 Å². The van der Waals surface area contributed by atoms with Gasteiger partial charge in [-0.25, -0.2) is 0 Å². The van der Waals surface area contributed by atoms with Gasteiger partial charge in [0, 0.05) is 24.7 Å². The average molecular weight is 297 g/mol. The number of aromatic nitrogens is 2. The van der Waals surface area contributed by atoms with Crippen LogP contribution in [0.3, 0.4) is 0 Å². The van der Waals surface area contributed by atoms with E-state index in [-0.39, 0.29) is 5.91 Å². The minimum atomic E-state index is 0.233. The zero-order chi connectivity index (χ0) is 15.5. The summed E-state index contributed by atoms with van der Waals surface area (Å²) in [5, 5.41) is 7.22. The molecule has 0 spiro atoms. The zero-order valence-corrected chi connectivity index (χ0v) is 13.3. The van der Waals surface area contributed by atoms with Crippen molar-refractivity contribution in [2.24, 2.45) is 0 Å². The number of nitrogens with one attached hydrogen (secondary N) is 1. The first-order valence-electron chi connectivity index (χ1n) is 7.97. The van der Waals surface area contributed by atoms with Gasteiger partial charge in [-0.3, -0.25) is 9.89 Å². The summed E-state index contributed by atoms with van der Waals surface area (Å²) in [6.07, 6.45) is 4.55. The maximum atomic E-state index is 12.6. The standard InChI is InChI=1S/C18H23N3O/c1-13-6-3-4-7-15(13)10-17(22)21-9-5-8-16(12-21)18-14(2)11-19-20-18/h3-4,6-7,11,16H,5,8-10,12H2,1-2H3,(H,19,20)/t16-/m0/s1. The third-order valence-corrected chi connectivity index (χ3v) is 4.65. The lowest BCUT2D eigenvalue weighted by molar-refractivity contribution is -0.131. The van der Waals surface area contributed by atoms with Crippen LogP contribution in [-0.4, -0.2) is 34.1 Å². The summed E-state index contributed by atoms with van der Waals surface area (Å²) in [7, 11) is 0. The molecule has 1 saturated heterocycles. The predicted octanol–water partition coefficient (Wildman–Crippen LogP) is 2.98. The second-order valence-corrected chi connectivity index (χ2v) is 6.25. The Kier molecular flexibility index (Phi) is 4.27. The SMILES string of the molecule is Cc1ccccc1CC(=O)N1CCC[C@H](c2[nH]ncc2C)C1. The quantitative estimate of drug-likeness (QED) is 0.947. The molecular weight excluding hydrogens is 274 g/mol. The molecule has 1 aromatic carbocycles. The van der Waals surface area contributed by atoms with Crippen molar-refractivity contribution < 1.29 is 4.79 Å². The molecule has 0 saturated carbocycles. The highest BCUT2D eigenvalue weighted by Gasteiger charge is 2.26. The number of aromatic amines is 1. The number of piperidine rings is 1. The molecule has 3 rings (SSSR count). The van der Waals surface area contributed by atoms with Crippen LogP contribution in [0.5, 0.6) is 0 Å². The number of carbonyl (C=O) groups is 1. The van der Waals surface area contributed by atoms with Crippen molar-refractivity contribution in [1.82, 2.24) is 15.1 Å². The topological polar surface area (TPSA) is 49.0 Å². The Balaban J connectivity index is 1.68. The molecule has 1 aromatic heterocycles. The van der Waals surface area contributed by atoms with Crippen LogP contribution in [-0.2, 0) is 11.2 Å². The summed E-state index contributed by atoms with van der Waals surface area (Å²) < 4.78 is 0. The zero-order valence-electron chi connectivity index (χ0n) is 13.3.